The fourth-order valence-corrected chi connectivity index (χ4v) is 2.58. The van der Waals surface area contributed by atoms with Crippen LogP contribution in [0.4, 0.5) is 0 Å². The summed E-state index contributed by atoms with van der Waals surface area (Å²) in [7, 11) is 1.52. The maximum absolute atomic E-state index is 11.8. The summed E-state index contributed by atoms with van der Waals surface area (Å²) in [4.78, 5) is 26.7. The Morgan fingerprint density at radius 3 is 2.76 bits per heavy atom. The second-order valence-corrected chi connectivity index (χ2v) is 4.56. The van der Waals surface area contributed by atoms with Gasteiger partial charge in [-0.25, -0.2) is 0 Å². The van der Waals surface area contributed by atoms with Crippen LogP contribution in [0.25, 0.3) is 0 Å². The number of amidine groups is 1. The minimum absolute atomic E-state index is 0.0801. The summed E-state index contributed by atoms with van der Waals surface area (Å²) < 4.78 is 0. The minimum atomic E-state index is -0.271. The van der Waals surface area contributed by atoms with E-state index in [0.717, 1.165) is 0 Å². The van der Waals surface area contributed by atoms with Gasteiger partial charge >= 0.3 is 0 Å². The zero-order chi connectivity index (χ0) is 12.6. The summed E-state index contributed by atoms with van der Waals surface area (Å²) in [5.41, 5.74) is 5.43. The molecule has 0 aliphatic carbocycles. The highest BCUT2D eigenvalue weighted by Gasteiger charge is 2.48. The fourth-order valence-electron chi connectivity index (χ4n) is 2.58. The fraction of sp³-hybridized carbons (Fsp3) is 0.700. The van der Waals surface area contributed by atoms with Gasteiger partial charge in [0.25, 0.3) is 0 Å². The van der Waals surface area contributed by atoms with E-state index >= 15 is 0 Å². The van der Waals surface area contributed by atoms with Crippen LogP contribution in [-0.4, -0.2) is 59.3 Å². The molecular weight excluding hydrogens is 224 g/mol. The van der Waals surface area contributed by atoms with Crippen molar-refractivity contribution in [3.63, 3.8) is 0 Å². The maximum atomic E-state index is 11.8. The standard InChI is InChI=1S/C10H16N4O3/c1-13-9(15)6-2-3-14(5-8(11)12-17)4-7(6)10(13)16/h6-7,17H,2-5H2,1H3,(H2,11,12)/t6-,7-/m0/s1. The number of piperidine rings is 1. The van der Waals surface area contributed by atoms with Gasteiger partial charge in [0, 0.05) is 13.6 Å². The second-order valence-electron chi connectivity index (χ2n) is 4.56. The van der Waals surface area contributed by atoms with Gasteiger partial charge in [-0.1, -0.05) is 5.16 Å². The van der Waals surface area contributed by atoms with E-state index in [4.69, 9.17) is 10.9 Å². The number of nitrogens with zero attached hydrogens (tertiary/aromatic N) is 3. The van der Waals surface area contributed by atoms with Crippen LogP contribution in [0.5, 0.6) is 0 Å². The Morgan fingerprint density at radius 1 is 1.47 bits per heavy atom. The summed E-state index contributed by atoms with van der Waals surface area (Å²) in [5, 5.41) is 11.4. The van der Waals surface area contributed by atoms with Gasteiger partial charge in [-0.15, -0.1) is 0 Å². The van der Waals surface area contributed by atoms with E-state index in [0.29, 0.717) is 26.1 Å². The summed E-state index contributed by atoms with van der Waals surface area (Å²) in [5.74, 6) is -0.537. The summed E-state index contributed by atoms with van der Waals surface area (Å²) in [6.07, 6.45) is 0.651. The molecule has 17 heavy (non-hydrogen) atoms. The average molecular weight is 240 g/mol. The van der Waals surface area contributed by atoms with Crippen LogP contribution >= 0.6 is 0 Å². The van der Waals surface area contributed by atoms with Gasteiger partial charge in [0.05, 0.1) is 18.4 Å². The number of nitrogens with two attached hydrogens (primary N) is 1. The Morgan fingerprint density at radius 2 is 2.12 bits per heavy atom. The molecule has 2 saturated heterocycles. The van der Waals surface area contributed by atoms with Crippen molar-refractivity contribution >= 4 is 17.6 Å². The molecular formula is C10H16N4O3. The zero-order valence-electron chi connectivity index (χ0n) is 9.67. The predicted octanol–water partition coefficient (Wildman–Crippen LogP) is -1.33. The molecule has 2 rings (SSSR count). The molecule has 2 aliphatic heterocycles. The summed E-state index contributed by atoms with van der Waals surface area (Å²) in [6, 6.07) is 0. The van der Waals surface area contributed by atoms with Gasteiger partial charge in [-0.05, 0) is 13.0 Å². The Hall–Kier alpha value is -1.63. The van der Waals surface area contributed by atoms with Crippen LogP contribution in [0.1, 0.15) is 6.42 Å². The first-order valence-electron chi connectivity index (χ1n) is 5.54. The number of oxime groups is 1. The molecule has 2 fully saturated rings. The van der Waals surface area contributed by atoms with Crippen molar-refractivity contribution in [3.8, 4) is 0 Å². The molecule has 2 heterocycles. The Bertz CT molecular complexity index is 382. The number of carbonyl (C=O) groups is 2. The molecule has 0 saturated carbocycles. The minimum Gasteiger partial charge on any atom is -0.409 e. The average Bonchev–Trinajstić information content (AvgIpc) is 2.54. The third-order valence-corrected chi connectivity index (χ3v) is 3.51. The number of amides is 2. The van der Waals surface area contributed by atoms with E-state index in [2.05, 4.69) is 5.16 Å². The number of carbonyl (C=O) groups excluding carboxylic acids is 2. The zero-order valence-corrected chi connectivity index (χ0v) is 9.67. The van der Waals surface area contributed by atoms with E-state index in [1.165, 1.54) is 11.9 Å². The lowest BCUT2D eigenvalue weighted by Crippen LogP contribution is -2.45. The quantitative estimate of drug-likeness (QED) is 0.205. The van der Waals surface area contributed by atoms with Crippen LogP contribution in [0, 0.1) is 11.8 Å². The molecule has 94 valence electrons. The SMILES string of the molecule is CN1C(=O)[C@H]2CCN(CC(N)=NO)C[C@@H]2C1=O. The van der Waals surface area contributed by atoms with Crippen molar-refractivity contribution in [2.24, 2.45) is 22.7 Å². The van der Waals surface area contributed by atoms with Crippen molar-refractivity contribution in [1.82, 2.24) is 9.80 Å². The highest BCUT2D eigenvalue weighted by Crippen LogP contribution is 2.32. The summed E-state index contributed by atoms with van der Waals surface area (Å²) in [6.45, 7) is 1.50. The number of hydrogen-bond acceptors (Lipinski definition) is 5. The lowest BCUT2D eigenvalue weighted by Gasteiger charge is -2.31. The highest BCUT2D eigenvalue weighted by molar-refractivity contribution is 6.05. The lowest BCUT2D eigenvalue weighted by molar-refractivity contribution is -0.138. The Labute approximate surface area is 98.8 Å². The van der Waals surface area contributed by atoms with Crippen molar-refractivity contribution in [3.05, 3.63) is 0 Å². The van der Waals surface area contributed by atoms with E-state index in [1.54, 1.807) is 0 Å². The van der Waals surface area contributed by atoms with Gasteiger partial charge in [-0.2, -0.15) is 0 Å². The Kier molecular flexibility index (Phi) is 3.01. The van der Waals surface area contributed by atoms with Crippen LogP contribution in [0.15, 0.2) is 5.16 Å². The topological polar surface area (TPSA) is 99.2 Å². The van der Waals surface area contributed by atoms with Gasteiger partial charge in [0.15, 0.2) is 5.84 Å². The number of likely N-dealkylation sites (tertiary alicyclic amines) is 2. The van der Waals surface area contributed by atoms with Crippen LogP contribution in [0.2, 0.25) is 0 Å². The molecule has 2 aliphatic rings. The van der Waals surface area contributed by atoms with Gasteiger partial charge < -0.3 is 10.9 Å². The third kappa shape index (κ3) is 1.97. The van der Waals surface area contributed by atoms with Crippen LogP contribution in [-0.2, 0) is 9.59 Å². The molecule has 2 atom stereocenters. The molecule has 7 heteroatoms. The number of rotatable bonds is 2. The molecule has 0 aromatic carbocycles. The van der Waals surface area contributed by atoms with Crippen molar-refractivity contribution < 1.29 is 14.8 Å². The first kappa shape index (κ1) is 11.8. The van der Waals surface area contributed by atoms with E-state index in [9.17, 15) is 9.59 Å². The smallest absolute Gasteiger partial charge is 0.234 e. The maximum Gasteiger partial charge on any atom is 0.234 e. The van der Waals surface area contributed by atoms with E-state index in [-0.39, 0.29) is 29.5 Å². The number of fused-ring (bicyclic) bond motifs is 1. The Balaban J connectivity index is 2.05. The van der Waals surface area contributed by atoms with Crippen molar-refractivity contribution in [1.29, 1.82) is 0 Å². The van der Waals surface area contributed by atoms with E-state index < -0.39 is 0 Å². The molecule has 0 radical (unpaired) electrons. The highest BCUT2D eigenvalue weighted by atomic mass is 16.4. The molecule has 0 spiro atoms. The number of imide groups is 1. The van der Waals surface area contributed by atoms with Crippen molar-refractivity contribution in [2.75, 3.05) is 26.7 Å². The normalized spacial score (nSPS) is 30.9. The first-order valence-corrected chi connectivity index (χ1v) is 5.54. The molecule has 2 amide bonds. The third-order valence-electron chi connectivity index (χ3n) is 3.51. The molecule has 7 nitrogen and oxygen atoms in total. The molecule has 0 bridgehead atoms. The van der Waals surface area contributed by atoms with Crippen LogP contribution in [0.3, 0.4) is 0 Å². The lowest BCUT2D eigenvalue weighted by atomic mass is 9.88. The number of hydrogen-bond donors (Lipinski definition) is 2. The van der Waals surface area contributed by atoms with Gasteiger partial charge in [0.2, 0.25) is 11.8 Å². The van der Waals surface area contributed by atoms with Gasteiger partial charge in [0.1, 0.15) is 0 Å². The van der Waals surface area contributed by atoms with Crippen molar-refractivity contribution in [2.45, 2.75) is 6.42 Å². The molecule has 0 aromatic rings. The summed E-state index contributed by atoms with van der Waals surface area (Å²) >= 11 is 0. The van der Waals surface area contributed by atoms with E-state index in [1.807, 2.05) is 4.90 Å². The second kappa shape index (κ2) is 4.33. The molecule has 0 unspecified atom stereocenters. The monoisotopic (exact) mass is 240 g/mol. The predicted molar refractivity (Wildman–Crippen MR) is 59.2 cm³/mol. The molecule has 3 N–H and O–H groups in total. The van der Waals surface area contributed by atoms with Crippen LogP contribution < -0.4 is 5.73 Å². The molecule has 0 aromatic heterocycles. The largest absolute Gasteiger partial charge is 0.409 e. The van der Waals surface area contributed by atoms with Gasteiger partial charge in [-0.3, -0.25) is 19.4 Å². The first-order chi connectivity index (χ1) is 8.04.